The Hall–Kier alpha value is -2.65. The van der Waals surface area contributed by atoms with Crippen molar-refractivity contribution in [2.45, 2.75) is 6.54 Å². The van der Waals surface area contributed by atoms with E-state index >= 15 is 0 Å². The molecule has 10 heteroatoms. The molecule has 0 radical (unpaired) electrons. The van der Waals surface area contributed by atoms with Crippen molar-refractivity contribution in [2.24, 2.45) is 0 Å². The molecule has 0 aromatic heterocycles. The maximum atomic E-state index is 10.9. The third-order valence-corrected chi connectivity index (χ3v) is 4.89. The van der Waals surface area contributed by atoms with Crippen molar-refractivity contribution in [3.63, 3.8) is 0 Å². The quantitative estimate of drug-likeness (QED) is 0.383. The number of halogens is 2. The largest absolute Gasteiger partial charge is 0.496 e. The standard InChI is InChI=1S/C23H29ClN2O6.ClH/c1-29-18-9-21(31-3)19(22(10-18)32-4)13-25-11-15(12-26-14-23(27)28)7-16-8-17(24)5-6-20(16)30-2;/h5-10,25-26H,11-14H2,1-4H3,(H,27,28);1H/b15-7+;. The van der Waals surface area contributed by atoms with Crippen molar-refractivity contribution in [3.8, 4) is 23.0 Å². The molecule has 2 rings (SSSR count). The molecule has 0 aliphatic carbocycles. The maximum absolute atomic E-state index is 10.9. The van der Waals surface area contributed by atoms with Gasteiger partial charge in [-0.15, -0.1) is 12.4 Å². The monoisotopic (exact) mass is 500 g/mol. The van der Waals surface area contributed by atoms with Crippen LogP contribution in [-0.2, 0) is 11.3 Å². The lowest BCUT2D eigenvalue weighted by molar-refractivity contribution is -0.135. The number of methoxy groups -OCH3 is 4. The highest BCUT2D eigenvalue weighted by molar-refractivity contribution is 6.30. The van der Waals surface area contributed by atoms with Crippen molar-refractivity contribution in [3.05, 3.63) is 52.1 Å². The molecule has 8 nitrogen and oxygen atoms in total. The van der Waals surface area contributed by atoms with Crippen LogP contribution in [0.15, 0.2) is 35.9 Å². The number of carbonyl (C=O) groups is 1. The van der Waals surface area contributed by atoms with Gasteiger partial charge in [0.2, 0.25) is 0 Å². The third-order valence-electron chi connectivity index (χ3n) is 4.65. The van der Waals surface area contributed by atoms with Gasteiger partial charge in [0.25, 0.3) is 0 Å². The number of benzene rings is 2. The van der Waals surface area contributed by atoms with Crippen LogP contribution < -0.4 is 29.6 Å². The molecule has 0 atom stereocenters. The van der Waals surface area contributed by atoms with E-state index in [1.807, 2.05) is 6.08 Å². The Kier molecular flexibility index (Phi) is 12.5. The Labute approximate surface area is 205 Å². The Morgan fingerprint density at radius 1 is 0.909 bits per heavy atom. The molecule has 0 unspecified atom stereocenters. The molecule has 0 bridgehead atoms. The highest BCUT2D eigenvalue weighted by atomic mass is 35.5. The lowest BCUT2D eigenvalue weighted by Gasteiger charge is -2.17. The molecule has 3 N–H and O–H groups in total. The molecular weight excluding hydrogens is 471 g/mol. The minimum Gasteiger partial charge on any atom is -0.496 e. The van der Waals surface area contributed by atoms with Crippen molar-refractivity contribution < 1.29 is 28.8 Å². The Morgan fingerprint density at radius 3 is 2.06 bits per heavy atom. The second kappa shape index (κ2) is 14.5. The number of carboxylic acids is 1. The number of carboxylic acid groups (broad SMARTS) is 1. The highest BCUT2D eigenvalue weighted by Crippen LogP contribution is 2.34. The third kappa shape index (κ3) is 8.66. The molecular formula is C23H30Cl2N2O6. The predicted octanol–water partition coefficient (Wildman–Crippen LogP) is 3.64. The van der Waals surface area contributed by atoms with Crippen LogP contribution in [0.3, 0.4) is 0 Å². The summed E-state index contributed by atoms with van der Waals surface area (Å²) in [6.45, 7) is 1.15. The summed E-state index contributed by atoms with van der Waals surface area (Å²) in [6.07, 6.45) is 1.93. The van der Waals surface area contributed by atoms with Gasteiger partial charge in [0, 0.05) is 42.4 Å². The first-order valence-corrected chi connectivity index (χ1v) is 10.2. The molecule has 33 heavy (non-hydrogen) atoms. The average molecular weight is 501 g/mol. The molecule has 0 aliphatic rings. The molecule has 0 saturated carbocycles. The summed E-state index contributed by atoms with van der Waals surface area (Å²) in [7, 11) is 6.34. The summed E-state index contributed by atoms with van der Waals surface area (Å²) < 4.78 is 21.7. The number of nitrogens with one attached hydrogen (secondary N) is 2. The van der Waals surface area contributed by atoms with Gasteiger partial charge in [-0.1, -0.05) is 11.6 Å². The van der Waals surface area contributed by atoms with Crippen molar-refractivity contribution in [2.75, 3.05) is 48.1 Å². The molecule has 0 spiro atoms. The van der Waals surface area contributed by atoms with Gasteiger partial charge in [-0.3, -0.25) is 4.79 Å². The number of hydrogen-bond donors (Lipinski definition) is 3. The number of aliphatic carboxylic acids is 1. The van der Waals surface area contributed by atoms with E-state index in [1.165, 1.54) is 0 Å². The fourth-order valence-electron chi connectivity index (χ4n) is 3.13. The molecule has 0 saturated heterocycles. The van der Waals surface area contributed by atoms with Gasteiger partial charge in [-0.05, 0) is 29.8 Å². The first kappa shape index (κ1) is 28.4. The zero-order chi connectivity index (χ0) is 23.5. The molecule has 0 aliphatic heterocycles. The van der Waals surface area contributed by atoms with E-state index in [9.17, 15) is 4.79 Å². The second-order valence-electron chi connectivity index (χ2n) is 6.80. The van der Waals surface area contributed by atoms with Gasteiger partial charge in [0.1, 0.15) is 23.0 Å². The molecule has 0 amide bonds. The predicted molar refractivity (Wildman–Crippen MR) is 132 cm³/mol. The van der Waals surface area contributed by atoms with Gasteiger partial charge in [0.05, 0.1) is 40.5 Å². The van der Waals surface area contributed by atoms with E-state index < -0.39 is 5.97 Å². The molecule has 0 fully saturated rings. The zero-order valence-corrected chi connectivity index (χ0v) is 20.6. The van der Waals surface area contributed by atoms with Crippen LogP contribution in [0.2, 0.25) is 5.02 Å². The van der Waals surface area contributed by atoms with E-state index in [1.54, 1.807) is 58.8 Å². The summed E-state index contributed by atoms with van der Waals surface area (Å²) in [5.41, 5.74) is 2.56. The average Bonchev–Trinajstić information content (AvgIpc) is 2.78. The maximum Gasteiger partial charge on any atom is 0.317 e. The Bertz CT molecular complexity index is 928. The topological polar surface area (TPSA) is 98.3 Å². The van der Waals surface area contributed by atoms with Crippen LogP contribution in [-0.4, -0.2) is 59.1 Å². The van der Waals surface area contributed by atoms with E-state index in [2.05, 4.69) is 10.6 Å². The SMILES string of the molecule is COc1cc(OC)c(CNC/C(=C\c2cc(Cl)ccc2OC)CNCC(=O)O)c(OC)c1.Cl. The minimum atomic E-state index is -0.926. The fourth-order valence-corrected chi connectivity index (χ4v) is 3.31. The van der Waals surface area contributed by atoms with Crippen molar-refractivity contribution >= 4 is 36.1 Å². The van der Waals surface area contributed by atoms with E-state index in [0.29, 0.717) is 47.7 Å². The fraction of sp³-hybridized carbons (Fsp3) is 0.348. The lowest BCUT2D eigenvalue weighted by atomic mass is 10.1. The van der Waals surface area contributed by atoms with E-state index in [-0.39, 0.29) is 19.0 Å². The first-order chi connectivity index (χ1) is 15.4. The second-order valence-corrected chi connectivity index (χ2v) is 7.24. The molecule has 2 aromatic rings. The molecule has 182 valence electrons. The van der Waals surface area contributed by atoms with Crippen LogP contribution in [0.1, 0.15) is 11.1 Å². The summed E-state index contributed by atoms with van der Waals surface area (Å²) in [4.78, 5) is 10.9. The minimum absolute atomic E-state index is 0. The van der Waals surface area contributed by atoms with Crippen molar-refractivity contribution in [1.82, 2.24) is 10.6 Å². The van der Waals surface area contributed by atoms with Crippen LogP contribution in [0.5, 0.6) is 23.0 Å². The Balaban J connectivity index is 0.00000544. The summed E-state index contributed by atoms with van der Waals surface area (Å²) in [5, 5.41) is 15.8. The number of ether oxygens (including phenoxy) is 4. The highest BCUT2D eigenvalue weighted by Gasteiger charge is 2.13. The van der Waals surface area contributed by atoms with Crippen LogP contribution in [0.25, 0.3) is 6.08 Å². The van der Waals surface area contributed by atoms with E-state index in [4.69, 9.17) is 35.7 Å². The van der Waals surface area contributed by atoms with Crippen molar-refractivity contribution in [1.29, 1.82) is 0 Å². The molecule has 0 heterocycles. The van der Waals surface area contributed by atoms with Gasteiger partial charge in [-0.25, -0.2) is 0 Å². The Morgan fingerprint density at radius 2 is 1.52 bits per heavy atom. The van der Waals surface area contributed by atoms with Crippen LogP contribution in [0, 0.1) is 0 Å². The normalized spacial score (nSPS) is 10.9. The van der Waals surface area contributed by atoms with Crippen LogP contribution >= 0.6 is 24.0 Å². The van der Waals surface area contributed by atoms with Gasteiger partial charge in [-0.2, -0.15) is 0 Å². The summed E-state index contributed by atoms with van der Waals surface area (Å²) in [6, 6.07) is 8.92. The smallest absolute Gasteiger partial charge is 0.317 e. The van der Waals surface area contributed by atoms with E-state index in [0.717, 1.165) is 16.7 Å². The number of rotatable bonds is 13. The van der Waals surface area contributed by atoms with Crippen LogP contribution in [0.4, 0.5) is 0 Å². The summed E-state index contributed by atoms with van der Waals surface area (Å²) in [5.74, 6) is 1.66. The number of hydrogen-bond acceptors (Lipinski definition) is 7. The molecule has 2 aromatic carbocycles. The van der Waals surface area contributed by atoms with Gasteiger partial charge >= 0.3 is 5.97 Å². The summed E-state index contributed by atoms with van der Waals surface area (Å²) >= 11 is 6.15. The lowest BCUT2D eigenvalue weighted by Crippen LogP contribution is -2.28. The van der Waals surface area contributed by atoms with Gasteiger partial charge < -0.3 is 34.7 Å². The van der Waals surface area contributed by atoms with Gasteiger partial charge in [0.15, 0.2) is 0 Å². The first-order valence-electron chi connectivity index (χ1n) is 9.86. The zero-order valence-electron chi connectivity index (χ0n) is 19.1.